The van der Waals surface area contributed by atoms with Crippen molar-refractivity contribution in [2.75, 3.05) is 19.6 Å². The van der Waals surface area contributed by atoms with Crippen LogP contribution in [0.1, 0.15) is 53.9 Å². The second-order valence-corrected chi connectivity index (χ2v) is 7.10. The molecule has 3 atom stereocenters. The topological polar surface area (TPSA) is 108 Å². The highest BCUT2D eigenvalue weighted by Crippen LogP contribution is 2.24. The Morgan fingerprint density at radius 3 is 2.25 bits per heavy atom. The second-order valence-electron chi connectivity index (χ2n) is 7.10. The van der Waals surface area contributed by atoms with Crippen LogP contribution in [0.2, 0.25) is 0 Å². The van der Waals surface area contributed by atoms with Gasteiger partial charge in [0.25, 0.3) is 0 Å². The van der Waals surface area contributed by atoms with E-state index in [0.29, 0.717) is 0 Å². The molecule has 0 saturated carbocycles. The van der Waals surface area contributed by atoms with Gasteiger partial charge < -0.3 is 20.5 Å². The lowest BCUT2D eigenvalue weighted by molar-refractivity contribution is -0.134. The maximum atomic E-state index is 12.5. The van der Waals surface area contributed by atoms with Crippen LogP contribution in [0.5, 0.6) is 0 Å². The quantitative estimate of drug-likeness (QED) is 0.485. The van der Waals surface area contributed by atoms with Gasteiger partial charge in [0.1, 0.15) is 0 Å². The monoisotopic (exact) mass is 397 g/mol. The Kier molecular flexibility index (Phi) is 10.2. The van der Waals surface area contributed by atoms with Crippen molar-refractivity contribution >= 4 is 17.8 Å². The SMILES string of the molecule is CCC(CC)O[C@@H]1C=C(C(=O)O)C[C@H](NC(=O)CN(CC)CC)[C@H]1NC(C)=O. The zero-order valence-corrected chi connectivity index (χ0v) is 17.7. The predicted octanol–water partition coefficient (Wildman–Crippen LogP) is 1.31. The maximum Gasteiger partial charge on any atom is 0.331 e. The van der Waals surface area contributed by atoms with Gasteiger partial charge in [-0.1, -0.05) is 27.7 Å². The third-order valence-corrected chi connectivity index (χ3v) is 5.11. The Bertz CT molecular complexity index is 570. The Hall–Kier alpha value is -1.93. The molecule has 1 aliphatic carbocycles. The fraction of sp³-hybridized carbons (Fsp3) is 0.750. The molecule has 28 heavy (non-hydrogen) atoms. The number of likely N-dealkylation sites (N-methyl/N-ethyl adjacent to an activating group) is 1. The average molecular weight is 398 g/mol. The van der Waals surface area contributed by atoms with Crippen LogP contribution < -0.4 is 10.6 Å². The number of nitrogens with one attached hydrogen (secondary N) is 2. The molecule has 0 radical (unpaired) electrons. The second kappa shape index (κ2) is 11.8. The van der Waals surface area contributed by atoms with E-state index in [1.807, 2.05) is 32.6 Å². The smallest absolute Gasteiger partial charge is 0.331 e. The molecule has 0 saturated heterocycles. The number of aliphatic carboxylic acids is 1. The van der Waals surface area contributed by atoms with E-state index in [0.717, 1.165) is 25.9 Å². The van der Waals surface area contributed by atoms with Crippen LogP contribution in [0.4, 0.5) is 0 Å². The molecule has 8 nitrogen and oxygen atoms in total. The molecule has 2 amide bonds. The number of carboxylic acid groups (broad SMARTS) is 1. The first-order valence-corrected chi connectivity index (χ1v) is 10.1. The zero-order chi connectivity index (χ0) is 21.3. The van der Waals surface area contributed by atoms with Crippen LogP contribution in [0.25, 0.3) is 0 Å². The van der Waals surface area contributed by atoms with Crippen LogP contribution in [0.15, 0.2) is 11.6 Å². The number of rotatable bonds is 11. The molecular formula is C20H35N3O5. The number of carboxylic acids is 1. The van der Waals surface area contributed by atoms with Crippen molar-refractivity contribution in [1.82, 2.24) is 15.5 Å². The normalized spacial score (nSPS) is 22.1. The number of ether oxygens (including phenoxy) is 1. The Morgan fingerprint density at radius 2 is 1.79 bits per heavy atom. The molecule has 1 aliphatic rings. The number of carbonyl (C=O) groups excluding carboxylic acids is 2. The Balaban J connectivity index is 3.09. The summed E-state index contributed by atoms with van der Waals surface area (Å²) in [6.07, 6.45) is 2.57. The first-order valence-electron chi connectivity index (χ1n) is 10.1. The summed E-state index contributed by atoms with van der Waals surface area (Å²) in [6.45, 7) is 11.0. The minimum Gasteiger partial charge on any atom is -0.478 e. The first kappa shape index (κ1) is 24.1. The Morgan fingerprint density at radius 1 is 1.18 bits per heavy atom. The molecule has 0 aromatic carbocycles. The van der Waals surface area contributed by atoms with E-state index in [1.54, 1.807) is 6.08 Å². The van der Waals surface area contributed by atoms with Gasteiger partial charge in [-0.2, -0.15) is 0 Å². The van der Waals surface area contributed by atoms with Crippen molar-refractivity contribution < 1.29 is 24.2 Å². The third kappa shape index (κ3) is 7.24. The molecule has 0 aromatic rings. The molecule has 1 rings (SSSR count). The lowest BCUT2D eigenvalue weighted by Crippen LogP contribution is -2.60. The van der Waals surface area contributed by atoms with Crippen LogP contribution in [0.3, 0.4) is 0 Å². The van der Waals surface area contributed by atoms with Crippen LogP contribution in [-0.4, -0.2) is 71.7 Å². The lowest BCUT2D eigenvalue weighted by Gasteiger charge is -2.38. The molecule has 160 valence electrons. The van der Waals surface area contributed by atoms with Gasteiger partial charge >= 0.3 is 5.97 Å². The van der Waals surface area contributed by atoms with E-state index in [9.17, 15) is 19.5 Å². The van der Waals surface area contributed by atoms with E-state index >= 15 is 0 Å². The average Bonchev–Trinajstić information content (AvgIpc) is 2.65. The molecule has 0 unspecified atom stereocenters. The summed E-state index contributed by atoms with van der Waals surface area (Å²) in [5.74, 6) is -1.49. The molecule has 0 fully saturated rings. The van der Waals surface area contributed by atoms with Crippen LogP contribution >= 0.6 is 0 Å². The van der Waals surface area contributed by atoms with Crippen LogP contribution in [-0.2, 0) is 19.1 Å². The summed E-state index contributed by atoms with van der Waals surface area (Å²) >= 11 is 0. The van der Waals surface area contributed by atoms with Gasteiger partial charge in [-0.25, -0.2) is 4.79 Å². The summed E-state index contributed by atoms with van der Waals surface area (Å²) in [6, 6.07) is -1.08. The minimum atomic E-state index is -1.04. The van der Waals surface area contributed by atoms with Crippen molar-refractivity contribution in [3.05, 3.63) is 11.6 Å². The van der Waals surface area contributed by atoms with E-state index in [4.69, 9.17) is 4.74 Å². The van der Waals surface area contributed by atoms with Gasteiger partial charge in [-0.15, -0.1) is 0 Å². The first-order chi connectivity index (χ1) is 13.2. The van der Waals surface area contributed by atoms with Crippen molar-refractivity contribution in [3.8, 4) is 0 Å². The summed E-state index contributed by atoms with van der Waals surface area (Å²) in [5.41, 5.74) is 0.186. The number of hydrogen-bond acceptors (Lipinski definition) is 5. The van der Waals surface area contributed by atoms with Gasteiger partial charge in [0, 0.05) is 18.9 Å². The van der Waals surface area contributed by atoms with Gasteiger partial charge in [0.2, 0.25) is 11.8 Å². The molecule has 0 aromatic heterocycles. The molecule has 0 spiro atoms. The summed E-state index contributed by atoms with van der Waals surface area (Å²) in [7, 11) is 0. The van der Waals surface area contributed by atoms with Crippen molar-refractivity contribution in [2.45, 2.75) is 78.2 Å². The van der Waals surface area contributed by atoms with Gasteiger partial charge in [-0.3, -0.25) is 14.5 Å². The van der Waals surface area contributed by atoms with E-state index in [-0.39, 0.29) is 36.5 Å². The van der Waals surface area contributed by atoms with E-state index < -0.39 is 24.2 Å². The highest BCUT2D eigenvalue weighted by molar-refractivity contribution is 5.87. The number of nitrogens with zero attached hydrogens (tertiary/aromatic N) is 1. The molecule has 0 heterocycles. The van der Waals surface area contributed by atoms with Crippen molar-refractivity contribution in [1.29, 1.82) is 0 Å². The van der Waals surface area contributed by atoms with E-state index in [1.165, 1.54) is 6.92 Å². The molecule has 3 N–H and O–H groups in total. The summed E-state index contributed by atoms with van der Waals surface area (Å²) in [5, 5.41) is 15.3. The van der Waals surface area contributed by atoms with E-state index in [2.05, 4.69) is 10.6 Å². The highest BCUT2D eigenvalue weighted by atomic mass is 16.5. The summed E-state index contributed by atoms with van der Waals surface area (Å²) < 4.78 is 6.10. The molecule has 0 bridgehead atoms. The highest BCUT2D eigenvalue weighted by Gasteiger charge is 2.38. The fourth-order valence-corrected chi connectivity index (χ4v) is 3.41. The van der Waals surface area contributed by atoms with Crippen molar-refractivity contribution in [2.24, 2.45) is 0 Å². The van der Waals surface area contributed by atoms with Gasteiger partial charge in [-0.05, 0) is 32.0 Å². The molecular weight excluding hydrogens is 362 g/mol. The summed E-state index contributed by atoms with van der Waals surface area (Å²) in [4.78, 5) is 37.9. The number of carbonyl (C=O) groups is 3. The lowest BCUT2D eigenvalue weighted by atomic mass is 9.87. The van der Waals surface area contributed by atoms with Gasteiger partial charge in [0.05, 0.1) is 30.8 Å². The zero-order valence-electron chi connectivity index (χ0n) is 17.7. The maximum absolute atomic E-state index is 12.5. The standard InChI is InChI=1S/C20H35N3O5/c1-6-15(7-2)28-17-11-14(20(26)27)10-16(19(17)21-13(5)24)22-18(25)12-23(8-3)9-4/h11,15-17,19H,6-10,12H2,1-5H3,(H,21,24)(H,22,25)(H,26,27)/t16-,17+,19+/m0/s1. The minimum absolute atomic E-state index is 0.0577. The van der Waals surface area contributed by atoms with Crippen molar-refractivity contribution in [3.63, 3.8) is 0 Å². The molecule has 0 aliphatic heterocycles. The predicted molar refractivity (Wildman–Crippen MR) is 107 cm³/mol. The van der Waals surface area contributed by atoms with Gasteiger partial charge in [0.15, 0.2) is 0 Å². The third-order valence-electron chi connectivity index (χ3n) is 5.11. The fourth-order valence-electron chi connectivity index (χ4n) is 3.41. The number of hydrogen-bond donors (Lipinski definition) is 3. The molecule has 8 heteroatoms. The van der Waals surface area contributed by atoms with Crippen LogP contribution in [0, 0.1) is 0 Å². The Labute approximate surface area is 167 Å². The number of amides is 2. The largest absolute Gasteiger partial charge is 0.478 e.